The van der Waals surface area contributed by atoms with Crippen LogP contribution in [0.5, 0.6) is 5.75 Å². The summed E-state index contributed by atoms with van der Waals surface area (Å²) in [6, 6.07) is 37.4. The monoisotopic (exact) mass is 669 g/mol. The van der Waals surface area contributed by atoms with Crippen molar-refractivity contribution in [1.82, 2.24) is 0 Å². The fourth-order valence-corrected chi connectivity index (χ4v) is 8.98. The first kappa shape index (κ1) is 30.7. The number of benzene rings is 4. The molecule has 4 aromatic carbocycles. The highest BCUT2D eigenvalue weighted by Gasteiger charge is 2.40. The van der Waals surface area contributed by atoms with Crippen LogP contribution in [0.4, 0.5) is 5.69 Å². The molecule has 6 aliphatic rings. The number of anilines is 1. The smallest absolute Gasteiger partial charge is 0.138 e. The van der Waals surface area contributed by atoms with Crippen LogP contribution in [0.2, 0.25) is 0 Å². The first-order valence-corrected chi connectivity index (χ1v) is 18.5. The summed E-state index contributed by atoms with van der Waals surface area (Å²) in [6.45, 7) is 0. The van der Waals surface area contributed by atoms with Crippen LogP contribution in [-0.4, -0.2) is 12.1 Å². The van der Waals surface area contributed by atoms with E-state index in [0.29, 0.717) is 5.92 Å². The fraction of sp³-hybridized carbons (Fsp3) is 0.120. The van der Waals surface area contributed by atoms with Crippen molar-refractivity contribution in [3.05, 3.63) is 228 Å². The molecule has 5 aliphatic carbocycles. The lowest BCUT2D eigenvalue weighted by molar-refractivity contribution is 0.421. The molecule has 0 N–H and O–H groups in total. The molecule has 2 nitrogen and oxygen atoms in total. The van der Waals surface area contributed by atoms with E-state index in [0.717, 1.165) is 23.5 Å². The summed E-state index contributed by atoms with van der Waals surface area (Å²) in [4.78, 5) is 2.65. The third-order valence-electron chi connectivity index (χ3n) is 11.4. The summed E-state index contributed by atoms with van der Waals surface area (Å²) in [6.07, 6.45) is 35.4. The van der Waals surface area contributed by atoms with Crippen molar-refractivity contribution in [2.75, 3.05) is 4.90 Å². The van der Waals surface area contributed by atoms with Crippen LogP contribution in [0.1, 0.15) is 17.9 Å². The average molecular weight is 670 g/mol. The van der Waals surface area contributed by atoms with E-state index < -0.39 is 0 Å². The second-order valence-electron chi connectivity index (χ2n) is 14.3. The zero-order chi connectivity index (χ0) is 34.4. The van der Waals surface area contributed by atoms with E-state index in [1.165, 1.54) is 50.2 Å². The molecule has 0 bridgehead atoms. The highest BCUT2D eigenvalue weighted by molar-refractivity contribution is 5.78. The Labute approximate surface area is 306 Å². The SMILES string of the molecule is C1=CC2=CC=CC(N(c3ccccc3)C3C=CC(C4=C5Oc6c(-c7ccc(-c8ccccc8)cc7)cccc6C5CC=C4)=C4C=CC=CC43)C2C=C1. The summed E-state index contributed by atoms with van der Waals surface area (Å²) in [5, 5.41) is 0. The second kappa shape index (κ2) is 12.9. The molecule has 0 radical (unpaired) electrons. The van der Waals surface area contributed by atoms with E-state index in [2.05, 4.69) is 199 Å². The van der Waals surface area contributed by atoms with E-state index in [9.17, 15) is 0 Å². The van der Waals surface area contributed by atoms with Crippen molar-refractivity contribution < 1.29 is 4.74 Å². The van der Waals surface area contributed by atoms with Crippen molar-refractivity contribution in [2.45, 2.75) is 24.4 Å². The quantitative estimate of drug-likeness (QED) is 0.203. The van der Waals surface area contributed by atoms with Crippen LogP contribution in [0.25, 0.3) is 22.3 Å². The van der Waals surface area contributed by atoms with Crippen LogP contribution in [0.15, 0.2) is 222 Å². The van der Waals surface area contributed by atoms with Gasteiger partial charge in [-0.15, -0.1) is 0 Å². The predicted molar refractivity (Wildman–Crippen MR) is 215 cm³/mol. The Kier molecular flexibility index (Phi) is 7.61. The Hall–Kier alpha value is -6.12. The summed E-state index contributed by atoms with van der Waals surface area (Å²) in [7, 11) is 0. The molecule has 1 aliphatic heterocycles. The van der Waals surface area contributed by atoms with Crippen LogP contribution in [-0.2, 0) is 0 Å². The number of ether oxygens (including phenoxy) is 1. The lowest BCUT2D eigenvalue weighted by Gasteiger charge is -2.46. The standard InChI is InChI=1S/C50H39NO/c1-3-14-34(15-4-1)35-28-30-37(31-29-35)40-23-12-25-45-46-26-13-24-44(50(46)52-49(40)45)42-32-33-48(43-22-10-9-21-41(42)43)51(38-18-5-2-6-19-38)47-27-11-17-36-16-7-8-20-39(36)47/h1-25,27-33,39,43,46-48H,26H2. The molecule has 5 atom stereocenters. The fourth-order valence-electron chi connectivity index (χ4n) is 8.98. The van der Waals surface area contributed by atoms with Crippen molar-refractivity contribution in [3.63, 3.8) is 0 Å². The molecule has 10 rings (SSSR count). The van der Waals surface area contributed by atoms with Crippen molar-refractivity contribution >= 4 is 5.69 Å². The Morgan fingerprint density at radius 2 is 1.27 bits per heavy atom. The highest BCUT2D eigenvalue weighted by atomic mass is 16.5. The molecule has 0 saturated heterocycles. The third-order valence-corrected chi connectivity index (χ3v) is 11.4. The maximum absolute atomic E-state index is 7.03. The van der Waals surface area contributed by atoms with Gasteiger partial charge in [0.25, 0.3) is 0 Å². The van der Waals surface area contributed by atoms with E-state index in [1.807, 2.05) is 0 Å². The van der Waals surface area contributed by atoms with E-state index in [4.69, 9.17) is 4.74 Å². The van der Waals surface area contributed by atoms with Crippen LogP contribution in [0, 0.1) is 11.8 Å². The molecule has 1 heterocycles. The van der Waals surface area contributed by atoms with Gasteiger partial charge in [0, 0.05) is 40.1 Å². The number of hydrogen-bond acceptors (Lipinski definition) is 2. The van der Waals surface area contributed by atoms with Crippen molar-refractivity contribution in [2.24, 2.45) is 11.8 Å². The second-order valence-corrected chi connectivity index (χ2v) is 14.3. The number of nitrogens with zero attached hydrogens (tertiary/aromatic N) is 1. The van der Waals surface area contributed by atoms with Gasteiger partial charge in [0.05, 0.1) is 12.1 Å². The normalized spacial score (nSPS) is 24.6. The van der Waals surface area contributed by atoms with Crippen LogP contribution >= 0.6 is 0 Å². The Bertz CT molecular complexity index is 2360. The number of para-hydroxylation sites is 2. The van der Waals surface area contributed by atoms with Crippen molar-refractivity contribution in [3.8, 4) is 28.0 Å². The molecular formula is C50H39NO. The summed E-state index contributed by atoms with van der Waals surface area (Å²) in [5.74, 6) is 2.74. The third kappa shape index (κ3) is 5.17. The van der Waals surface area contributed by atoms with E-state index in [-0.39, 0.29) is 23.9 Å². The maximum Gasteiger partial charge on any atom is 0.138 e. The molecule has 52 heavy (non-hydrogen) atoms. The van der Waals surface area contributed by atoms with Gasteiger partial charge >= 0.3 is 0 Å². The highest BCUT2D eigenvalue weighted by Crippen LogP contribution is 2.52. The zero-order valence-corrected chi connectivity index (χ0v) is 28.9. The van der Waals surface area contributed by atoms with Gasteiger partial charge in [-0.1, -0.05) is 182 Å². The molecule has 5 unspecified atom stereocenters. The van der Waals surface area contributed by atoms with Gasteiger partial charge in [-0.3, -0.25) is 0 Å². The first-order valence-electron chi connectivity index (χ1n) is 18.5. The Morgan fingerprint density at radius 1 is 0.538 bits per heavy atom. The van der Waals surface area contributed by atoms with Gasteiger partial charge in [0.1, 0.15) is 11.5 Å². The summed E-state index contributed by atoms with van der Waals surface area (Å²) in [5.41, 5.74) is 12.4. The van der Waals surface area contributed by atoms with Gasteiger partial charge in [0.2, 0.25) is 0 Å². The first-order chi connectivity index (χ1) is 25.8. The maximum atomic E-state index is 7.03. The molecule has 250 valence electrons. The average Bonchev–Trinajstić information content (AvgIpc) is 3.61. The predicted octanol–water partition coefficient (Wildman–Crippen LogP) is 11.8. The van der Waals surface area contributed by atoms with E-state index in [1.54, 1.807) is 0 Å². The van der Waals surface area contributed by atoms with Gasteiger partial charge < -0.3 is 9.64 Å². The lowest BCUT2D eigenvalue weighted by Crippen LogP contribution is -2.50. The molecular weight excluding hydrogens is 631 g/mol. The summed E-state index contributed by atoms with van der Waals surface area (Å²) >= 11 is 0. The number of rotatable bonds is 6. The van der Waals surface area contributed by atoms with Crippen LogP contribution < -0.4 is 9.64 Å². The molecule has 0 aromatic heterocycles. The van der Waals surface area contributed by atoms with Crippen molar-refractivity contribution in [1.29, 1.82) is 0 Å². The molecule has 4 aromatic rings. The minimum absolute atomic E-state index is 0.136. The molecule has 0 fully saturated rings. The Morgan fingerprint density at radius 3 is 2.12 bits per heavy atom. The number of hydrogen-bond donors (Lipinski definition) is 0. The molecule has 0 spiro atoms. The van der Waals surface area contributed by atoms with E-state index >= 15 is 0 Å². The Balaban J connectivity index is 1.02. The number of allylic oxidation sites excluding steroid dienone is 14. The summed E-state index contributed by atoms with van der Waals surface area (Å²) < 4.78 is 7.03. The zero-order valence-electron chi connectivity index (χ0n) is 28.9. The number of fused-ring (bicyclic) bond motifs is 5. The molecule has 2 heteroatoms. The van der Waals surface area contributed by atoms with Gasteiger partial charge in [-0.25, -0.2) is 0 Å². The minimum atomic E-state index is 0.136. The topological polar surface area (TPSA) is 12.5 Å². The molecule has 0 saturated carbocycles. The van der Waals surface area contributed by atoms with Crippen LogP contribution in [0.3, 0.4) is 0 Å². The van der Waals surface area contributed by atoms with Gasteiger partial charge in [-0.05, 0) is 52.0 Å². The van der Waals surface area contributed by atoms with Gasteiger partial charge in [0.15, 0.2) is 0 Å². The van der Waals surface area contributed by atoms with Gasteiger partial charge in [-0.2, -0.15) is 0 Å². The minimum Gasteiger partial charge on any atom is -0.459 e. The lowest BCUT2D eigenvalue weighted by atomic mass is 9.75. The molecule has 0 amide bonds. The largest absolute Gasteiger partial charge is 0.459 e.